The van der Waals surface area contributed by atoms with Crippen molar-refractivity contribution in [2.75, 3.05) is 0 Å². The van der Waals surface area contributed by atoms with E-state index in [2.05, 4.69) is 4.99 Å². The minimum Gasteiger partial charge on any atom is -0.416 e. The van der Waals surface area contributed by atoms with Gasteiger partial charge in [0.25, 0.3) is 0 Å². The van der Waals surface area contributed by atoms with Crippen LogP contribution in [0.1, 0.15) is 31.2 Å². The maximum atomic E-state index is 11.4. The highest BCUT2D eigenvalue weighted by molar-refractivity contribution is 5.82. The standard InChI is InChI=1S/C16H19N3O2/c17-15(18-13-3-1-2-4-13)11-12-5-7-14(8-6-12)19-9-10-21-16(19)20/h5-10,13H,1-4,11H2,(H2,17,18). The number of hydrogen-bond donors (Lipinski definition) is 1. The van der Waals surface area contributed by atoms with E-state index >= 15 is 0 Å². The second-order valence-corrected chi connectivity index (χ2v) is 5.44. The van der Waals surface area contributed by atoms with Crippen molar-refractivity contribution in [3.63, 3.8) is 0 Å². The van der Waals surface area contributed by atoms with E-state index < -0.39 is 0 Å². The van der Waals surface area contributed by atoms with Gasteiger partial charge in [0.1, 0.15) is 6.26 Å². The van der Waals surface area contributed by atoms with Crippen molar-refractivity contribution in [3.05, 3.63) is 52.8 Å². The maximum absolute atomic E-state index is 11.4. The second kappa shape index (κ2) is 5.99. The summed E-state index contributed by atoms with van der Waals surface area (Å²) in [4.78, 5) is 16.0. The summed E-state index contributed by atoms with van der Waals surface area (Å²) in [7, 11) is 0. The molecule has 1 saturated carbocycles. The van der Waals surface area contributed by atoms with E-state index in [1.165, 1.54) is 23.7 Å². The molecule has 0 aliphatic heterocycles. The number of hydrogen-bond acceptors (Lipinski definition) is 3. The van der Waals surface area contributed by atoms with Gasteiger partial charge in [-0.15, -0.1) is 0 Å². The van der Waals surface area contributed by atoms with Crippen LogP contribution in [0, 0.1) is 0 Å². The van der Waals surface area contributed by atoms with Crippen molar-refractivity contribution in [1.82, 2.24) is 4.57 Å². The van der Waals surface area contributed by atoms with Gasteiger partial charge in [0, 0.05) is 6.42 Å². The summed E-state index contributed by atoms with van der Waals surface area (Å²) in [6.07, 6.45) is 8.46. The summed E-state index contributed by atoms with van der Waals surface area (Å²) in [6.45, 7) is 0. The van der Waals surface area contributed by atoms with Crippen molar-refractivity contribution in [1.29, 1.82) is 0 Å². The minimum atomic E-state index is -0.384. The molecule has 5 nitrogen and oxygen atoms in total. The fraction of sp³-hybridized carbons (Fsp3) is 0.375. The predicted octanol–water partition coefficient (Wildman–Crippen LogP) is 2.27. The van der Waals surface area contributed by atoms with Crippen LogP contribution in [-0.2, 0) is 6.42 Å². The lowest BCUT2D eigenvalue weighted by Gasteiger charge is -2.07. The van der Waals surface area contributed by atoms with Gasteiger partial charge in [-0.05, 0) is 30.5 Å². The van der Waals surface area contributed by atoms with Gasteiger partial charge in [-0.1, -0.05) is 25.0 Å². The molecule has 1 aliphatic carbocycles. The van der Waals surface area contributed by atoms with Gasteiger partial charge in [0.2, 0.25) is 0 Å². The molecule has 1 aromatic carbocycles. The highest BCUT2D eigenvalue weighted by Crippen LogP contribution is 2.21. The fourth-order valence-corrected chi connectivity index (χ4v) is 2.76. The summed E-state index contributed by atoms with van der Waals surface area (Å²) < 4.78 is 6.21. The van der Waals surface area contributed by atoms with E-state index in [0.29, 0.717) is 18.3 Å². The third-order valence-electron chi connectivity index (χ3n) is 3.85. The minimum absolute atomic E-state index is 0.384. The van der Waals surface area contributed by atoms with Gasteiger partial charge in [-0.2, -0.15) is 0 Å². The Hall–Kier alpha value is -2.30. The molecule has 5 heteroatoms. The Morgan fingerprint density at radius 3 is 2.62 bits per heavy atom. The van der Waals surface area contributed by atoms with Crippen LogP contribution in [0.3, 0.4) is 0 Å². The first-order chi connectivity index (χ1) is 10.2. The monoisotopic (exact) mass is 285 g/mol. The molecular weight excluding hydrogens is 266 g/mol. The molecule has 3 rings (SSSR count). The number of amidine groups is 1. The Morgan fingerprint density at radius 2 is 2.00 bits per heavy atom. The SMILES string of the molecule is NC(Cc1ccc(-n2ccoc2=O)cc1)=NC1CCCC1. The molecule has 110 valence electrons. The zero-order valence-electron chi connectivity index (χ0n) is 11.9. The molecule has 1 aromatic heterocycles. The van der Waals surface area contributed by atoms with E-state index in [1.54, 1.807) is 6.20 Å². The molecule has 0 saturated heterocycles. The van der Waals surface area contributed by atoms with E-state index in [9.17, 15) is 4.79 Å². The lowest BCUT2D eigenvalue weighted by molar-refractivity contribution is 0.504. The van der Waals surface area contributed by atoms with E-state index in [1.807, 2.05) is 24.3 Å². The predicted molar refractivity (Wildman–Crippen MR) is 81.9 cm³/mol. The molecule has 2 N–H and O–H groups in total. The van der Waals surface area contributed by atoms with Crippen molar-refractivity contribution in [3.8, 4) is 5.69 Å². The Morgan fingerprint density at radius 1 is 1.29 bits per heavy atom. The first-order valence-corrected chi connectivity index (χ1v) is 7.30. The molecule has 0 radical (unpaired) electrons. The first-order valence-electron chi connectivity index (χ1n) is 7.30. The third kappa shape index (κ3) is 3.24. The molecule has 0 bridgehead atoms. The van der Waals surface area contributed by atoms with Gasteiger partial charge in [0.05, 0.1) is 23.8 Å². The highest BCUT2D eigenvalue weighted by Gasteiger charge is 2.13. The summed E-state index contributed by atoms with van der Waals surface area (Å²) in [5.41, 5.74) is 7.90. The van der Waals surface area contributed by atoms with Crippen LogP contribution < -0.4 is 11.5 Å². The van der Waals surface area contributed by atoms with Crippen molar-refractivity contribution < 1.29 is 4.42 Å². The molecule has 2 aromatic rings. The number of nitrogens with two attached hydrogens (primary N) is 1. The van der Waals surface area contributed by atoms with E-state index in [-0.39, 0.29) is 5.76 Å². The molecule has 1 aliphatic rings. The van der Waals surface area contributed by atoms with E-state index in [0.717, 1.165) is 24.1 Å². The van der Waals surface area contributed by atoms with Crippen LogP contribution in [0.4, 0.5) is 0 Å². The highest BCUT2D eigenvalue weighted by atomic mass is 16.4. The normalized spacial score (nSPS) is 16.5. The largest absolute Gasteiger partial charge is 0.423 e. The number of oxazole rings is 1. The van der Waals surface area contributed by atoms with Crippen LogP contribution in [0.2, 0.25) is 0 Å². The van der Waals surface area contributed by atoms with Gasteiger partial charge in [-0.3, -0.25) is 4.99 Å². The first kappa shape index (κ1) is 13.7. The van der Waals surface area contributed by atoms with Gasteiger partial charge in [-0.25, -0.2) is 9.36 Å². The Bertz CT molecular complexity index is 676. The lowest BCUT2D eigenvalue weighted by atomic mass is 10.1. The summed E-state index contributed by atoms with van der Waals surface area (Å²) in [5.74, 6) is 0.306. The molecule has 0 amide bonds. The van der Waals surface area contributed by atoms with Crippen LogP contribution in [0.15, 0.2) is 50.9 Å². The Kier molecular flexibility index (Phi) is 3.90. The molecule has 0 atom stereocenters. The lowest BCUT2D eigenvalue weighted by Crippen LogP contribution is -2.18. The van der Waals surface area contributed by atoms with Crippen LogP contribution in [0.25, 0.3) is 5.69 Å². The smallest absolute Gasteiger partial charge is 0.416 e. The quantitative estimate of drug-likeness (QED) is 0.691. The maximum Gasteiger partial charge on any atom is 0.423 e. The number of benzene rings is 1. The number of aromatic nitrogens is 1. The van der Waals surface area contributed by atoms with Crippen LogP contribution in [-0.4, -0.2) is 16.4 Å². The Balaban J connectivity index is 1.69. The average molecular weight is 285 g/mol. The summed E-state index contributed by atoms with van der Waals surface area (Å²) >= 11 is 0. The fourth-order valence-electron chi connectivity index (χ4n) is 2.76. The number of aliphatic imine (C=N–C) groups is 1. The Labute approximate surface area is 123 Å². The third-order valence-corrected chi connectivity index (χ3v) is 3.85. The molecule has 0 unspecified atom stereocenters. The van der Waals surface area contributed by atoms with Crippen LogP contribution >= 0.6 is 0 Å². The van der Waals surface area contributed by atoms with Gasteiger partial charge >= 0.3 is 5.76 Å². The van der Waals surface area contributed by atoms with Crippen LogP contribution in [0.5, 0.6) is 0 Å². The molecular formula is C16H19N3O2. The van der Waals surface area contributed by atoms with Gasteiger partial charge < -0.3 is 10.2 Å². The molecule has 0 spiro atoms. The molecule has 1 fully saturated rings. The number of nitrogens with zero attached hydrogens (tertiary/aromatic N) is 2. The summed E-state index contributed by atoms with van der Waals surface area (Å²) in [6, 6.07) is 8.11. The molecule has 21 heavy (non-hydrogen) atoms. The topological polar surface area (TPSA) is 73.5 Å². The van der Waals surface area contributed by atoms with Crippen molar-refractivity contribution >= 4 is 5.84 Å². The van der Waals surface area contributed by atoms with Crippen molar-refractivity contribution in [2.45, 2.75) is 38.1 Å². The molecule has 1 heterocycles. The summed E-state index contributed by atoms with van der Waals surface area (Å²) in [5, 5.41) is 0. The van der Waals surface area contributed by atoms with E-state index in [4.69, 9.17) is 10.2 Å². The van der Waals surface area contributed by atoms with Crippen molar-refractivity contribution in [2.24, 2.45) is 10.7 Å². The average Bonchev–Trinajstić information content (AvgIpc) is 3.11. The zero-order valence-corrected chi connectivity index (χ0v) is 11.9. The van der Waals surface area contributed by atoms with Gasteiger partial charge in [0.15, 0.2) is 0 Å². The zero-order chi connectivity index (χ0) is 14.7. The number of rotatable bonds is 4. The second-order valence-electron chi connectivity index (χ2n) is 5.44.